The Labute approximate surface area is 102 Å². The highest BCUT2D eigenvalue weighted by molar-refractivity contribution is 5.49. The summed E-state index contributed by atoms with van der Waals surface area (Å²) in [6, 6.07) is 7.54. The Hall–Kier alpha value is -1.52. The van der Waals surface area contributed by atoms with E-state index in [1.54, 1.807) is 6.08 Å². The maximum Gasteiger partial charge on any atom is 0.119 e. The second-order valence-corrected chi connectivity index (χ2v) is 3.53. The minimum absolute atomic E-state index is 0.0642. The number of benzene rings is 1. The van der Waals surface area contributed by atoms with Gasteiger partial charge >= 0.3 is 0 Å². The molecule has 0 bridgehead atoms. The molecule has 0 aliphatic rings. The third-order valence-electron chi connectivity index (χ3n) is 2.31. The molecule has 2 N–H and O–H groups in total. The van der Waals surface area contributed by atoms with Crippen LogP contribution in [0, 0.1) is 0 Å². The lowest BCUT2D eigenvalue weighted by Crippen LogP contribution is -2.29. The van der Waals surface area contributed by atoms with Crippen molar-refractivity contribution in [3.05, 3.63) is 36.9 Å². The molecule has 4 nitrogen and oxygen atoms in total. The number of hydrogen-bond donors (Lipinski definition) is 2. The second kappa shape index (κ2) is 7.70. The number of nitrogens with zero attached hydrogens (tertiary/aromatic N) is 1. The zero-order chi connectivity index (χ0) is 12.5. The predicted molar refractivity (Wildman–Crippen MR) is 68.5 cm³/mol. The molecule has 94 valence electrons. The molecule has 4 heteroatoms. The minimum Gasteiger partial charge on any atom is -0.490 e. The van der Waals surface area contributed by atoms with E-state index < -0.39 is 0 Å². The lowest BCUT2D eigenvalue weighted by molar-refractivity contribution is 0.281. The van der Waals surface area contributed by atoms with E-state index in [9.17, 15) is 0 Å². The molecule has 0 radical (unpaired) electrons. The Morgan fingerprint density at radius 3 is 2.18 bits per heavy atom. The number of aliphatic hydroxyl groups excluding tert-OH is 2. The molecule has 1 aromatic carbocycles. The van der Waals surface area contributed by atoms with E-state index in [4.69, 9.17) is 14.9 Å². The summed E-state index contributed by atoms with van der Waals surface area (Å²) in [5.41, 5.74) is 0.957. The first kappa shape index (κ1) is 13.5. The zero-order valence-electron chi connectivity index (χ0n) is 9.88. The van der Waals surface area contributed by atoms with Crippen LogP contribution < -0.4 is 9.64 Å². The fourth-order valence-electron chi connectivity index (χ4n) is 1.52. The van der Waals surface area contributed by atoms with Gasteiger partial charge in [-0.15, -0.1) is 0 Å². The van der Waals surface area contributed by atoms with Gasteiger partial charge in [0.1, 0.15) is 12.4 Å². The van der Waals surface area contributed by atoms with Crippen molar-refractivity contribution in [2.75, 3.05) is 37.8 Å². The standard InChI is InChI=1S/C13H19NO3/c1-2-11-17-13-5-3-12(4-6-13)14(7-9-15)8-10-16/h2-6,15-16H,1,7-11H2. The van der Waals surface area contributed by atoms with Crippen molar-refractivity contribution >= 4 is 5.69 Å². The number of anilines is 1. The van der Waals surface area contributed by atoms with E-state index in [2.05, 4.69) is 6.58 Å². The molecule has 0 saturated carbocycles. The lowest BCUT2D eigenvalue weighted by Gasteiger charge is -2.23. The van der Waals surface area contributed by atoms with Crippen LogP contribution in [-0.2, 0) is 0 Å². The molecular formula is C13H19NO3. The SMILES string of the molecule is C=CCOc1ccc(N(CCO)CCO)cc1. The van der Waals surface area contributed by atoms with Gasteiger partial charge < -0.3 is 19.8 Å². The summed E-state index contributed by atoms with van der Waals surface area (Å²) >= 11 is 0. The second-order valence-electron chi connectivity index (χ2n) is 3.53. The Morgan fingerprint density at radius 1 is 1.12 bits per heavy atom. The molecule has 0 aliphatic heterocycles. The van der Waals surface area contributed by atoms with Crippen LogP contribution in [-0.4, -0.2) is 43.1 Å². The lowest BCUT2D eigenvalue weighted by atomic mass is 10.2. The first-order chi connectivity index (χ1) is 8.31. The van der Waals surface area contributed by atoms with Gasteiger partial charge in [0.2, 0.25) is 0 Å². The number of aliphatic hydroxyl groups is 2. The van der Waals surface area contributed by atoms with Gasteiger partial charge in [0.05, 0.1) is 13.2 Å². The summed E-state index contributed by atoms with van der Waals surface area (Å²) in [5, 5.41) is 17.9. The average Bonchev–Trinajstić information content (AvgIpc) is 2.37. The first-order valence-corrected chi connectivity index (χ1v) is 5.62. The smallest absolute Gasteiger partial charge is 0.119 e. The topological polar surface area (TPSA) is 52.9 Å². The Balaban J connectivity index is 2.65. The van der Waals surface area contributed by atoms with E-state index in [0.717, 1.165) is 11.4 Å². The van der Waals surface area contributed by atoms with Crippen LogP contribution in [0.15, 0.2) is 36.9 Å². The average molecular weight is 237 g/mol. The van der Waals surface area contributed by atoms with Crippen LogP contribution in [0.5, 0.6) is 5.75 Å². The van der Waals surface area contributed by atoms with Gasteiger partial charge in [0, 0.05) is 18.8 Å². The Morgan fingerprint density at radius 2 is 1.71 bits per heavy atom. The molecule has 0 amide bonds. The third kappa shape index (κ3) is 4.46. The summed E-state index contributed by atoms with van der Waals surface area (Å²) in [4.78, 5) is 1.91. The van der Waals surface area contributed by atoms with Gasteiger partial charge in [-0.3, -0.25) is 0 Å². The molecule has 0 fully saturated rings. The Kier molecular flexibility index (Phi) is 6.14. The highest BCUT2D eigenvalue weighted by Crippen LogP contribution is 2.19. The molecule has 0 heterocycles. The van der Waals surface area contributed by atoms with Gasteiger partial charge in [0.25, 0.3) is 0 Å². The van der Waals surface area contributed by atoms with E-state index in [1.165, 1.54) is 0 Å². The van der Waals surface area contributed by atoms with Crippen LogP contribution in [0.1, 0.15) is 0 Å². The molecule has 1 aromatic rings. The van der Waals surface area contributed by atoms with Crippen molar-refractivity contribution in [1.29, 1.82) is 0 Å². The number of rotatable bonds is 8. The van der Waals surface area contributed by atoms with Crippen molar-refractivity contribution < 1.29 is 14.9 Å². The zero-order valence-corrected chi connectivity index (χ0v) is 9.88. The molecule has 0 aliphatic carbocycles. The minimum atomic E-state index is 0.0642. The van der Waals surface area contributed by atoms with Crippen molar-refractivity contribution in [1.82, 2.24) is 0 Å². The maximum atomic E-state index is 8.94. The van der Waals surface area contributed by atoms with Crippen molar-refractivity contribution in [2.45, 2.75) is 0 Å². The van der Waals surface area contributed by atoms with Crippen LogP contribution >= 0.6 is 0 Å². The maximum absolute atomic E-state index is 8.94. The summed E-state index contributed by atoms with van der Waals surface area (Å²) < 4.78 is 5.37. The van der Waals surface area contributed by atoms with E-state index >= 15 is 0 Å². The molecule has 0 unspecified atom stereocenters. The Bertz CT molecular complexity index is 318. The summed E-state index contributed by atoms with van der Waals surface area (Å²) in [5.74, 6) is 0.779. The summed E-state index contributed by atoms with van der Waals surface area (Å²) in [7, 11) is 0. The van der Waals surface area contributed by atoms with Gasteiger partial charge in [-0.2, -0.15) is 0 Å². The van der Waals surface area contributed by atoms with Gasteiger partial charge in [0.15, 0.2) is 0 Å². The molecular weight excluding hydrogens is 218 g/mol. The van der Waals surface area contributed by atoms with E-state index in [-0.39, 0.29) is 13.2 Å². The van der Waals surface area contributed by atoms with Crippen molar-refractivity contribution in [3.8, 4) is 5.75 Å². The highest BCUT2D eigenvalue weighted by Gasteiger charge is 2.04. The molecule has 17 heavy (non-hydrogen) atoms. The van der Waals surface area contributed by atoms with Crippen molar-refractivity contribution in [2.24, 2.45) is 0 Å². The van der Waals surface area contributed by atoms with Gasteiger partial charge in [-0.1, -0.05) is 12.7 Å². The normalized spacial score (nSPS) is 10.0. The number of hydrogen-bond acceptors (Lipinski definition) is 4. The molecule has 0 spiro atoms. The van der Waals surface area contributed by atoms with Crippen LogP contribution in [0.4, 0.5) is 5.69 Å². The summed E-state index contributed by atoms with van der Waals surface area (Å²) in [6.07, 6.45) is 1.69. The van der Waals surface area contributed by atoms with Crippen molar-refractivity contribution in [3.63, 3.8) is 0 Å². The van der Waals surface area contributed by atoms with E-state index in [1.807, 2.05) is 29.2 Å². The predicted octanol–water partition coefficient (Wildman–Crippen LogP) is 1.04. The summed E-state index contributed by atoms with van der Waals surface area (Å²) in [6.45, 7) is 5.21. The van der Waals surface area contributed by atoms with E-state index in [0.29, 0.717) is 19.7 Å². The highest BCUT2D eigenvalue weighted by atomic mass is 16.5. The third-order valence-corrected chi connectivity index (χ3v) is 2.31. The fourth-order valence-corrected chi connectivity index (χ4v) is 1.52. The van der Waals surface area contributed by atoms with Gasteiger partial charge in [-0.05, 0) is 24.3 Å². The molecule has 0 atom stereocenters. The molecule has 0 aromatic heterocycles. The fraction of sp³-hybridized carbons (Fsp3) is 0.385. The van der Waals surface area contributed by atoms with Crippen LogP contribution in [0.25, 0.3) is 0 Å². The quantitative estimate of drug-likeness (QED) is 0.663. The monoisotopic (exact) mass is 237 g/mol. The first-order valence-electron chi connectivity index (χ1n) is 5.62. The van der Waals surface area contributed by atoms with Crippen LogP contribution in [0.2, 0.25) is 0 Å². The molecule has 1 rings (SSSR count). The largest absolute Gasteiger partial charge is 0.490 e. The van der Waals surface area contributed by atoms with Gasteiger partial charge in [-0.25, -0.2) is 0 Å². The number of ether oxygens (including phenoxy) is 1. The molecule has 0 saturated heterocycles. The van der Waals surface area contributed by atoms with Crippen LogP contribution in [0.3, 0.4) is 0 Å².